The lowest BCUT2D eigenvalue weighted by Crippen LogP contribution is -2.02. The van der Waals surface area contributed by atoms with Gasteiger partial charge in [-0.15, -0.1) is 11.3 Å². The van der Waals surface area contributed by atoms with Gasteiger partial charge in [-0.05, 0) is 36.8 Å². The topological polar surface area (TPSA) is 12.4 Å². The largest absolute Gasteiger partial charge is 0.268 e. The zero-order valence-electron chi connectivity index (χ0n) is 8.25. The molecule has 74 valence electrons. The third-order valence-corrected chi connectivity index (χ3v) is 4.29. The molecule has 1 aromatic heterocycles. The molecule has 14 heavy (non-hydrogen) atoms. The van der Waals surface area contributed by atoms with Crippen molar-refractivity contribution in [1.29, 1.82) is 0 Å². The van der Waals surface area contributed by atoms with Crippen LogP contribution in [0.15, 0.2) is 21.6 Å². The van der Waals surface area contributed by atoms with Gasteiger partial charge in [-0.1, -0.05) is 11.6 Å². The van der Waals surface area contributed by atoms with Crippen molar-refractivity contribution in [3.63, 3.8) is 0 Å². The molecule has 0 bridgehead atoms. The summed E-state index contributed by atoms with van der Waals surface area (Å²) < 4.78 is 0. The van der Waals surface area contributed by atoms with Crippen LogP contribution in [-0.2, 0) is 0 Å². The van der Waals surface area contributed by atoms with Crippen LogP contribution in [0.3, 0.4) is 0 Å². The second-order valence-electron chi connectivity index (χ2n) is 3.54. The van der Waals surface area contributed by atoms with E-state index in [-0.39, 0.29) is 0 Å². The molecule has 0 saturated carbocycles. The standard InChI is InChI=1S/C11H12ClNS/c1-7-6-14-11(8(7)2)9-3-4-13-5-10(9)12/h4-6,9H,3H2,1-2H3. The lowest BCUT2D eigenvalue weighted by molar-refractivity contribution is 0.880. The number of aliphatic imine (C=N–C) groups is 1. The third-order valence-electron chi connectivity index (χ3n) is 2.62. The second-order valence-corrected chi connectivity index (χ2v) is 4.89. The number of hydrogen-bond acceptors (Lipinski definition) is 2. The van der Waals surface area contributed by atoms with E-state index in [0.29, 0.717) is 5.92 Å². The third kappa shape index (κ3) is 1.64. The minimum absolute atomic E-state index is 0.341. The van der Waals surface area contributed by atoms with E-state index < -0.39 is 0 Å². The van der Waals surface area contributed by atoms with Crippen molar-refractivity contribution < 1.29 is 0 Å². The van der Waals surface area contributed by atoms with Crippen LogP contribution < -0.4 is 0 Å². The zero-order valence-corrected chi connectivity index (χ0v) is 9.82. The molecule has 1 unspecified atom stereocenters. The lowest BCUT2D eigenvalue weighted by atomic mass is 9.98. The first-order valence-corrected chi connectivity index (χ1v) is 5.87. The van der Waals surface area contributed by atoms with E-state index in [1.807, 2.05) is 6.21 Å². The first-order valence-electron chi connectivity index (χ1n) is 4.62. The van der Waals surface area contributed by atoms with E-state index in [0.717, 1.165) is 11.5 Å². The van der Waals surface area contributed by atoms with E-state index >= 15 is 0 Å². The van der Waals surface area contributed by atoms with Crippen molar-refractivity contribution >= 4 is 29.2 Å². The van der Waals surface area contributed by atoms with Crippen molar-refractivity contribution in [2.75, 3.05) is 0 Å². The molecule has 2 heterocycles. The Morgan fingerprint density at radius 2 is 2.29 bits per heavy atom. The molecule has 1 aliphatic rings. The Kier molecular flexibility index (Phi) is 2.75. The van der Waals surface area contributed by atoms with Gasteiger partial charge in [-0.3, -0.25) is 4.99 Å². The van der Waals surface area contributed by atoms with Crippen LogP contribution >= 0.6 is 22.9 Å². The number of halogens is 1. The van der Waals surface area contributed by atoms with Gasteiger partial charge in [0.05, 0.1) is 0 Å². The predicted octanol–water partition coefficient (Wildman–Crippen LogP) is 4.00. The zero-order chi connectivity index (χ0) is 10.1. The maximum atomic E-state index is 6.15. The molecule has 1 aliphatic heterocycles. The highest BCUT2D eigenvalue weighted by atomic mass is 35.5. The molecule has 0 aliphatic carbocycles. The molecule has 1 aromatic rings. The van der Waals surface area contributed by atoms with Crippen LogP contribution in [0, 0.1) is 13.8 Å². The molecule has 0 aromatic carbocycles. The van der Waals surface area contributed by atoms with Crippen molar-refractivity contribution in [3.8, 4) is 0 Å². The van der Waals surface area contributed by atoms with Gasteiger partial charge in [0.2, 0.25) is 0 Å². The normalized spacial score (nSPS) is 21.1. The fraction of sp³-hybridized carbons (Fsp3) is 0.364. The minimum Gasteiger partial charge on any atom is -0.268 e. The van der Waals surface area contributed by atoms with Gasteiger partial charge >= 0.3 is 0 Å². The number of rotatable bonds is 1. The molecule has 0 amide bonds. The Morgan fingerprint density at radius 1 is 1.50 bits per heavy atom. The summed E-state index contributed by atoms with van der Waals surface area (Å²) in [7, 11) is 0. The SMILES string of the molecule is Cc1csc(C2CC=NC=C2Cl)c1C. The summed E-state index contributed by atoms with van der Waals surface area (Å²) in [6, 6.07) is 0. The highest BCUT2D eigenvalue weighted by molar-refractivity contribution is 7.10. The second kappa shape index (κ2) is 3.87. The van der Waals surface area contributed by atoms with E-state index in [1.165, 1.54) is 16.0 Å². The summed E-state index contributed by atoms with van der Waals surface area (Å²) in [5.41, 5.74) is 2.74. The Hall–Kier alpha value is -0.600. The van der Waals surface area contributed by atoms with Crippen molar-refractivity contribution in [2.45, 2.75) is 26.2 Å². The van der Waals surface area contributed by atoms with Crippen molar-refractivity contribution in [1.82, 2.24) is 0 Å². The minimum atomic E-state index is 0.341. The predicted molar refractivity (Wildman–Crippen MR) is 63.6 cm³/mol. The molecule has 0 spiro atoms. The van der Waals surface area contributed by atoms with Crippen LogP contribution in [0.2, 0.25) is 0 Å². The van der Waals surface area contributed by atoms with E-state index in [4.69, 9.17) is 11.6 Å². The Labute approximate surface area is 93.1 Å². The van der Waals surface area contributed by atoms with Gasteiger partial charge in [0, 0.05) is 28.2 Å². The summed E-state index contributed by atoms with van der Waals surface area (Å²) in [5.74, 6) is 0.341. The van der Waals surface area contributed by atoms with Crippen LogP contribution in [0.4, 0.5) is 0 Å². The number of hydrogen-bond donors (Lipinski definition) is 0. The first-order chi connectivity index (χ1) is 6.70. The number of nitrogens with zero attached hydrogens (tertiary/aromatic N) is 1. The highest BCUT2D eigenvalue weighted by Crippen LogP contribution is 2.38. The molecular formula is C11H12ClNS. The Morgan fingerprint density at radius 3 is 2.86 bits per heavy atom. The van der Waals surface area contributed by atoms with Gasteiger partial charge < -0.3 is 0 Å². The van der Waals surface area contributed by atoms with Crippen molar-refractivity contribution in [2.24, 2.45) is 4.99 Å². The summed E-state index contributed by atoms with van der Waals surface area (Å²) in [5, 5.41) is 3.05. The van der Waals surface area contributed by atoms with E-state index in [1.54, 1.807) is 17.5 Å². The maximum absolute atomic E-state index is 6.15. The van der Waals surface area contributed by atoms with Gasteiger partial charge in [0.1, 0.15) is 0 Å². The summed E-state index contributed by atoms with van der Waals surface area (Å²) >= 11 is 7.95. The molecule has 3 heteroatoms. The molecule has 0 fully saturated rings. The molecule has 1 atom stereocenters. The van der Waals surface area contributed by atoms with Gasteiger partial charge in [0.25, 0.3) is 0 Å². The molecule has 0 radical (unpaired) electrons. The van der Waals surface area contributed by atoms with Gasteiger partial charge in [-0.2, -0.15) is 0 Å². The average Bonchev–Trinajstić information content (AvgIpc) is 2.49. The summed E-state index contributed by atoms with van der Waals surface area (Å²) in [6.07, 6.45) is 4.62. The lowest BCUT2D eigenvalue weighted by Gasteiger charge is -2.15. The van der Waals surface area contributed by atoms with Crippen LogP contribution in [0.1, 0.15) is 28.3 Å². The van der Waals surface area contributed by atoms with Crippen LogP contribution in [0.5, 0.6) is 0 Å². The van der Waals surface area contributed by atoms with E-state index in [2.05, 4.69) is 24.2 Å². The highest BCUT2D eigenvalue weighted by Gasteiger charge is 2.20. The average molecular weight is 226 g/mol. The molecule has 2 rings (SSSR count). The Balaban J connectivity index is 2.36. The smallest absolute Gasteiger partial charge is 0.0450 e. The summed E-state index contributed by atoms with van der Waals surface area (Å²) in [6.45, 7) is 4.31. The molecule has 0 N–H and O–H groups in total. The molecule has 0 saturated heterocycles. The quantitative estimate of drug-likeness (QED) is 0.685. The molecule has 1 nitrogen and oxygen atoms in total. The number of allylic oxidation sites excluding steroid dienone is 1. The van der Waals surface area contributed by atoms with Crippen molar-refractivity contribution in [3.05, 3.63) is 32.6 Å². The monoisotopic (exact) mass is 225 g/mol. The van der Waals surface area contributed by atoms with Gasteiger partial charge in [-0.25, -0.2) is 0 Å². The fourth-order valence-corrected chi connectivity index (χ4v) is 3.12. The summed E-state index contributed by atoms with van der Waals surface area (Å²) in [4.78, 5) is 5.44. The first kappa shape index (κ1) is 9.94. The number of aryl methyl sites for hydroxylation is 1. The molecular weight excluding hydrogens is 214 g/mol. The van der Waals surface area contributed by atoms with Crippen LogP contribution in [-0.4, -0.2) is 6.21 Å². The Bertz CT molecular complexity index is 403. The fourth-order valence-electron chi connectivity index (χ4n) is 1.59. The maximum Gasteiger partial charge on any atom is 0.0450 e. The van der Waals surface area contributed by atoms with Gasteiger partial charge in [0.15, 0.2) is 0 Å². The number of thiophene rings is 1. The van der Waals surface area contributed by atoms with Crippen LogP contribution in [0.25, 0.3) is 0 Å². The van der Waals surface area contributed by atoms with E-state index in [9.17, 15) is 0 Å².